The molecule has 2 aromatic heterocycles. The molecule has 0 aliphatic carbocycles. The van der Waals surface area contributed by atoms with E-state index in [-0.39, 0.29) is 5.89 Å². The predicted molar refractivity (Wildman–Crippen MR) is 46.8 cm³/mol. The fourth-order valence-corrected chi connectivity index (χ4v) is 1.58. The van der Waals surface area contributed by atoms with Crippen LogP contribution < -0.4 is 0 Å². The highest BCUT2D eigenvalue weighted by molar-refractivity contribution is 7.13. The molecule has 2 rings (SSSR count). The molecule has 0 atom stereocenters. The van der Waals surface area contributed by atoms with Crippen molar-refractivity contribution in [2.45, 2.75) is 0 Å². The summed E-state index contributed by atoms with van der Waals surface area (Å²) in [4.78, 5) is 14.9. The maximum absolute atomic E-state index is 10.4. The van der Waals surface area contributed by atoms with E-state index in [1.165, 1.54) is 17.5 Å². The number of nitrogens with zero attached hydrogens (tertiary/aromatic N) is 1. The Labute approximate surface area is 77.5 Å². The molecule has 2 heterocycles. The summed E-state index contributed by atoms with van der Waals surface area (Å²) < 4.78 is 4.99. The number of rotatable bonds is 2. The topological polar surface area (TPSA) is 63.3 Å². The molecule has 0 fully saturated rings. The van der Waals surface area contributed by atoms with E-state index in [1.54, 1.807) is 0 Å². The molecular formula is C8H5NO3S. The van der Waals surface area contributed by atoms with E-state index in [9.17, 15) is 4.79 Å². The van der Waals surface area contributed by atoms with Crippen LogP contribution in [-0.2, 0) is 0 Å². The summed E-state index contributed by atoms with van der Waals surface area (Å²) in [5.41, 5.74) is 0. The monoisotopic (exact) mass is 195 g/mol. The molecule has 0 aromatic carbocycles. The van der Waals surface area contributed by atoms with Gasteiger partial charge >= 0.3 is 11.9 Å². The van der Waals surface area contributed by atoms with Gasteiger partial charge in [0.1, 0.15) is 0 Å². The molecule has 0 saturated carbocycles. The number of aromatic nitrogens is 1. The van der Waals surface area contributed by atoms with Gasteiger partial charge in [-0.2, -0.15) is 0 Å². The Hall–Kier alpha value is -1.62. The zero-order chi connectivity index (χ0) is 9.26. The van der Waals surface area contributed by atoms with Gasteiger partial charge in [-0.3, -0.25) is 0 Å². The van der Waals surface area contributed by atoms with Crippen LogP contribution in [0, 0.1) is 0 Å². The van der Waals surface area contributed by atoms with Crippen LogP contribution in [0.15, 0.2) is 28.1 Å². The van der Waals surface area contributed by atoms with Gasteiger partial charge < -0.3 is 9.52 Å². The summed E-state index contributed by atoms with van der Waals surface area (Å²) in [6, 6.07) is 3.71. The van der Waals surface area contributed by atoms with E-state index >= 15 is 0 Å². The molecule has 0 unspecified atom stereocenters. The SMILES string of the molecule is O=C(O)c1ncc(-c2cccs2)o1. The number of carboxylic acid groups (broad SMARTS) is 1. The second kappa shape index (κ2) is 3.02. The molecule has 0 bridgehead atoms. The summed E-state index contributed by atoms with van der Waals surface area (Å²) in [7, 11) is 0. The number of hydrogen-bond acceptors (Lipinski definition) is 4. The van der Waals surface area contributed by atoms with Crippen molar-refractivity contribution < 1.29 is 14.3 Å². The normalized spacial score (nSPS) is 10.2. The first-order valence-corrected chi connectivity index (χ1v) is 4.38. The number of carbonyl (C=O) groups is 1. The zero-order valence-corrected chi connectivity index (χ0v) is 7.25. The molecule has 0 amide bonds. The number of oxazole rings is 1. The van der Waals surface area contributed by atoms with Crippen molar-refractivity contribution in [3.05, 3.63) is 29.6 Å². The molecule has 4 nitrogen and oxygen atoms in total. The average molecular weight is 195 g/mol. The molecule has 2 aromatic rings. The smallest absolute Gasteiger partial charge is 0.392 e. The lowest BCUT2D eigenvalue weighted by molar-refractivity contribution is 0.0654. The van der Waals surface area contributed by atoms with Crippen molar-refractivity contribution in [3.8, 4) is 10.6 Å². The predicted octanol–water partition coefficient (Wildman–Crippen LogP) is 2.10. The van der Waals surface area contributed by atoms with E-state index in [4.69, 9.17) is 9.52 Å². The highest BCUT2D eigenvalue weighted by Gasteiger charge is 2.12. The Morgan fingerprint density at radius 2 is 2.46 bits per heavy atom. The summed E-state index contributed by atoms with van der Waals surface area (Å²) in [5, 5.41) is 10.4. The molecule has 0 aliphatic rings. The molecule has 0 saturated heterocycles. The van der Waals surface area contributed by atoms with E-state index in [2.05, 4.69) is 4.98 Å². The first-order valence-electron chi connectivity index (χ1n) is 3.50. The fourth-order valence-electron chi connectivity index (χ4n) is 0.906. The van der Waals surface area contributed by atoms with E-state index < -0.39 is 5.97 Å². The first kappa shape index (κ1) is 8.00. The van der Waals surface area contributed by atoms with Crippen LogP contribution in [0.1, 0.15) is 10.7 Å². The zero-order valence-electron chi connectivity index (χ0n) is 6.43. The van der Waals surface area contributed by atoms with Gasteiger partial charge in [0, 0.05) is 0 Å². The van der Waals surface area contributed by atoms with Crippen molar-refractivity contribution >= 4 is 17.3 Å². The highest BCUT2D eigenvalue weighted by Crippen LogP contribution is 2.24. The third kappa shape index (κ3) is 1.46. The quantitative estimate of drug-likeness (QED) is 0.797. The largest absolute Gasteiger partial charge is 0.474 e. The van der Waals surface area contributed by atoms with Crippen LogP contribution in [0.4, 0.5) is 0 Å². The molecule has 0 spiro atoms. The van der Waals surface area contributed by atoms with Crippen molar-refractivity contribution in [2.75, 3.05) is 0 Å². The van der Waals surface area contributed by atoms with E-state index in [0.29, 0.717) is 5.76 Å². The molecular weight excluding hydrogens is 190 g/mol. The maximum atomic E-state index is 10.4. The lowest BCUT2D eigenvalue weighted by atomic mass is 10.4. The minimum absolute atomic E-state index is 0.275. The molecule has 66 valence electrons. The van der Waals surface area contributed by atoms with Crippen molar-refractivity contribution in [1.82, 2.24) is 4.98 Å². The minimum Gasteiger partial charge on any atom is -0.474 e. The average Bonchev–Trinajstić information content (AvgIpc) is 2.75. The maximum Gasteiger partial charge on any atom is 0.392 e. The lowest BCUT2D eigenvalue weighted by Gasteiger charge is -1.86. The van der Waals surface area contributed by atoms with Gasteiger partial charge in [0.2, 0.25) is 0 Å². The summed E-state index contributed by atoms with van der Waals surface area (Å²) >= 11 is 1.47. The first-order chi connectivity index (χ1) is 6.27. The van der Waals surface area contributed by atoms with Gasteiger partial charge in [-0.25, -0.2) is 9.78 Å². The molecule has 1 N–H and O–H groups in total. The second-order valence-corrected chi connectivity index (χ2v) is 3.26. The summed E-state index contributed by atoms with van der Waals surface area (Å²) in [5.74, 6) is -0.932. The van der Waals surface area contributed by atoms with Crippen molar-refractivity contribution in [2.24, 2.45) is 0 Å². The van der Waals surface area contributed by atoms with Crippen molar-refractivity contribution in [1.29, 1.82) is 0 Å². The Bertz CT molecular complexity index is 418. The van der Waals surface area contributed by atoms with Gasteiger partial charge in [-0.15, -0.1) is 11.3 Å². The number of aromatic carboxylic acids is 1. The second-order valence-electron chi connectivity index (χ2n) is 2.31. The van der Waals surface area contributed by atoms with Gasteiger partial charge in [0.25, 0.3) is 0 Å². The highest BCUT2D eigenvalue weighted by atomic mass is 32.1. The number of thiophene rings is 1. The van der Waals surface area contributed by atoms with Crippen LogP contribution in [-0.4, -0.2) is 16.1 Å². The van der Waals surface area contributed by atoms with Gasteiger partial charge in [0.05, 0.1) is 11.1 Å². The van der Waals surface area contributed by atoms with Crippen LogP contribution in [0.25, 0.3) is 10.6 Å². The van der Waals surface area contributed by atoms with Crippen molar-refractivity contribution in [3.63, 3.8) is 0 Å². The Morgan fingerprint density at radius 1 is 1.62 bits per heavy atom. The lowest BCUT2D eigenvalue weighted by Crippen LogP contribution is -1.94. The van der Waals surface area contributed by atoms with Gasteiger partial charge in [-0.1, -0.05) is 6.07 Å². The van der Waals surface area contributed by atoms with E-state index in [1.807, 2.05) is 17.5 Å². The van der Waals surface area contributed by atoms with Crippen LogP contribution in [0.2, 0.25) is 0 Å². The Kier molecular flexibility index (Phi) is 1.86. The summed E-state index contributed by atoms with van der Waals surface area (Å²) in [6.45, 7) is 0. The van der Waals surface area contributed by atoms with Gasteiger partial charge in [0.15, 0.2) is 5.76 Å². The Balaban J connectivity index is 2.39. The number of carboxylic acids is 1. The standard InChI is InChI=1S/C8H5NO3S/c10-8(11)7-9-4-5(12-7)6-2-1-3-13-6/h1-4H,(H,10,11). The van der Waals surface area contributed by atoms with Gasteiger partial charge in [-0.05, 0) is 11.4 Å². The molecule has 5 heteroatoms. The number of hydrogen-bond donors (Lipinski definition) is 1. The molecule has 0 aliphatic heterocycles. The van der Waals surface area contributed by atoms with E-state index in [0.717, 1.165) is 4.88 Å². The Morgan fingerprint density at radius 3 is 3.00 bits per heavy atom. The van der Waals surface area contributed by atoms with Crippen LogP contribution in [0.3, 0.4) is 0 Å². The third-order valence-electron chi connectivity index (χ3n) is 1.45. The molecule has 13 heavy (non-hydrogen) atoms. The minimum atomic E-state index is -1.15. The fraction of sp³-hybridized carbons (Fsp3) is 0. The third-order valence-corrected chi connectivity index (χ3v) is 2.34. The summed E-state index contributed by atoms with van der Waals surface area (Å²) in [6.07, 6.45) is 1.41. The molecule has 0 radical (unpaired) electrons. The van der Waals surface area contributed by atoms with Crippen LogP contribution in [0.5, 0.6) is 0 Å². The van der Waals surface area contributed by atoms with Crippen LogP contribution >= 0.6 is 11.3 Å².